The first-order valence-corrected chi connectivity index (χ1v) is 14.3. The maximum absolute atomic E-state index is 12.5. The third-order valence-corrected chi connectivity index (χ3v) is 8.41. The molecule has 1 N–H and O–H groups in total. The van der Waals surface area contributed by atoms with E-state index in [1.54, 1.807) is 16.2 Å². The Hall–Kier alpha value is -5.62. The number of hydrogen-bond donors (Lipinski definition) is 1. The molecule has 0 aliphatic carbocycles. The number of para-hydroxylation sites is 2. The van der Waals surface area contributed by atoms with E-state index < -0.39 is 0 Å². The Morgan fingerprint density at radius 2 is 1.42 bits per heavy atom. The van der Waals surface area contributed by atoms with Gasteiger partial charge in [-0.15, -0.1) is 0 Å². The van der Waals surface area contributed by atoms with Crippen molar-refractivity contribution in [3.63, 3.8) is 0 Å². The number of aromatic nitrogens is 2. The minimum Gasteiger partial charge on any atom is -0.455 e. The molecular formula is C37H28N4O2. The van der Waals surface area contributed by atoms with Crippen LogP contribution in [0.25, 0.3) is 49.8 Å². The third kappa shape index (κ3) is 4.10. The van der Waals surface area contributed by atoms with Crippen LogP contribution in [0.4, 0.5) is 0 Å². The molecule has 0 bridgehead atoms. The number of furan rings is 1. The van der Waals surface area contributed by atoms with Crippen LogP contribution in [0, 0.1) is 0 Å². The van der Waals surface area contributed by atoms with Gasteiger partial charge in [0.25, 0.3) is 0 Å². The zero-order chi connectivity index (χ0) is 29.1. The zero-order valence-corrected chi connectivity index (χ0v) is 23.8. The van der Waals surface area contributed by atoms with Gasteiger partial charge < -0.3 is 9.73 Å². The fourth-order valence-electron chi connectivity index (χ4n) is 6.14. The number of nitrogens with one attached hydrogen (secondary N) is 1. The second-order valence-corrected chi connectivity index (χ2v) is 11.0. The highest BCUT2D eigenvalue weighted by molar-refractivity contribution is 6.15. The van der Waals surface area contributed by atoms with Gasteiger partial charge in [0.15, 0.2) is 0 Å². The predicted molar refractivity (Wildman–Crippen MR) is 174 cm³/mol. The first-order valence-electron chi connectivity index (χ1n) is 14.3. The van der Waals surface area contributed by atoms with Crippen molar-refractivity contribution in [1.82, 2.24) is 14.5 Å². The van der Waals surface area contributed by atoms with E-state index in [-0.39, 0.29) is 11.9 Å². The van der Waals surface area contributed by atoms with Crippen molar-refractivity contribution < 1.29 is 4.42 Å². The van der Waals surface area contributed by atoms with E-state index >= 15 is 0 Å². The van der Waals surface area contributed by atoms with E-state index in [1.165, 1.54) is 0 Å². The smallest absolute Gasteiger partial charge is 0.328 e. The van der Waals surface area contributed by atoms with Gasteiger partial charge in [0.05, 0.1) is 16.7 Å². The predicted octanol–water partition coefficient (Wildman–Crippen LogP) is 7.58. The van der Waals surface area contributed by atoms with Gasteiger partial charge in [-0.3, -0.25) is 14.1 Å². The SMILES string of the molecule is Cn1c(=O)n(C)c2cc(-c3cccc(C4=NC(c5ccccc5)NC(c5cccc6c5oc5ccccc56)=C4)c3)ccc21. The van der Waals surface area contributed by atoms with Crippen LogP contribution in [-0.4, -0.2) is 14.8 Å². The van der Waals surface area contributed by atoms with Gasteiger partial charge in [0.1, 0.15) is 17.3 Å². The van der Waals surface area contributed by atoms with Crippen molar-refractivity contribution in [2.24, 2.45) is 19.1 Å². The maximum Gasteiger partial charge on any atom is 0.328 e. The normalized spacial score (nSPS) is 15.1. The summed E-state index contributed by atoms with van der Waals surface area (Å²) in [5.41, 5.74) is 10.5. The van der Waals surface area contributed by atoms with Crippen molar-refractivity contribution in [2.75, 3.05) is 0 Å². The van der Waals surface area contributed by atoms with Crippen LogP contribution in [0.2, 0.25) is 0 Å². The number of nitrogens with zero attached hydrogens (tertiary/aromatic N) is 3. The molecule has 1 unspecified atom stereocenters. The molecule has 208 valence electrons. The molecule has 6 nitrogen and oxygen atoms in total. The fourth-order valence-corrected chi connectivity index (χ4v) is 6.14. The summed E-state index contributed by atoms with van der Waals surface area (Å²) in [5, 5.41) is 5.87. The highest BCUT2D eigenvalue weighted by Gasteiger charge is 2.22. The van der Waals surface area contributed by atoms with Crippen LogP contribution >= 0.6 is 0 Å². The quantitative estimate of drug-likeness (QED) is 0.241. The number of aryl methyl sites for hydroxylation is 2. The summed E-state index contributed by atoms with van der Waals surface area (Å²) >= 11 is 0. The van der Waals surface area contributed by atoms with Gasteiger partial charge in [-0.25, -0.2) is 4.79 Å². The fraction of sp³-hybridized carbons (Fsp3) is 0.0811. The third-order valence-electron chi connectivity index (χ3n) is 8.41. The van der Waals surface area contributed by atoms with E-state index in [9.17, 15) is 4.79 Å². The molecule has 0 saturated carbocycles. The van der Waals surface area contributed by atoms with Gasteiger partial charge in [0.2, 0.25) is 0 Å². The Morgan fingerprint density at radius 3 is 2.30 bits per heavy atom. The van der Waals surface area contributed by atoms with Crippen LogP contribution in [0.1, 0.15) is 22.9 Å². The average Bonchev–Trinajstić information content (AvgIpc) is 3.55. The number of aliphatic imine (C=N–C) groups is 1. The van der Waals surface area contributed by atoms with E-state index in [4.69, 9.17) is 9.41 Å². The monoisotopic (exact) mass is 560 g/mol. The van der Waals surface area contributed by atoms with Crippen molar-refractivity contribution >= 4 is 44.4 Å². The number of benzene rings is 5. The highest BCUT2D eigenvalue weighted by Crippen LogP contribution is 2.36. The summed E-state index contributed by atoms with van der Waals surface area (Å²) in [4.78, 5) is 17.7. The maximum atomic E-state index is 12.5. The molecule has 1 aliphatic rings. The van der Waals surface area contributed by atoms with Gasteiger partial charge in [-0.05, 0) is 53.1 Å². The van der Waals surface area contributed by atoms with Gasteiger partial charge in [-0.1, -0.05) is 84.9 Å². The summed E-state index contributed by atoms with van der Waals surface area (Å²) in [6, 6.07) is 39.3. The van der Waals surface area contributed by atoms with E-state index in [2.05, 4.69) is 84.2 Å². The largest absolute Gasteiger partial charge is 0.455 e. The van der Waals surface area contributed by atoms with E-state index in [0.29, 0.717) is 0 Å². The molecule has 2 aromatic heterocycles. The summed E-state index contributed by atoms with van der Waals surface area (Å²) in [5.74, 6) is 0. The second kappa shape index (κ2) is 9.74. The Kier molecular flexibility index (Phi) is 5.69. The molecule has 0 spiro atoms. The molecule has 6 heteroatoms. The lowest BCUT2D eigenvalue weighted by Crippen LogP contribution is -2.24. The van der Waals surface area contributed by atoms with E-state index in [0.717, 1.165) is 72.2 Å². The summed E-state index contributed by atoms with van der Waals surface area (Å²) in [6.07, 6.45) is 1.85. The number of imidazole rings is 1. The van der Waals surface area contributed by atoms with Crippen LogP contribution < -0.4 is 11.0 Å². The molecule has 5 aromatic carbocycles. The zero-order valence-electron chi connectivity index (χ0n) is 23.8. The molecule has 0 radical (unpaired) electrons. The second-order valence-electron chi connectivity index (χ2n) is 11.0. The Labute approximate surface area is 247 Å². The Balaban J connectivity index is 1.27. The highest BCUT2D eigenvalue weighted by atomic mass is 16.3. The summed E-state index contributed by atoms with van der Waals surface area (Å²) < 4.78 is 9.77. The standard InChI is InChI=1S/C37H28N4O2/c1-40-32-19-18-25(21-33(32)41(2)37(40)42)24-12-8-13-26(20-24)30-22-31(39-36(38-30)23-10-4-3-5-11-23)29-16-9-15-28-27-14-6-7-17-34(27)43-35(28)29/h3-22,36,39H,1-2H3. The van der Waals surface area contributed by atoms with Crippen molar-refractivity contribution in [3.05, 3.63) is 149 Å². The molecule has 0 fully saturated rings. The molecule has 3 heterocycles. The molecule has 43 heavy (non-hydrogen) atoms. The van der Waals surface area contributed by atoms with Crippen LogP contribution in [0.3, 0.4) is 0 Å². The van der Waals surface area contributed by atoms with E-state index in [1.807, 2.05) is 49.5 Å². The summed E-state index contributed by atoms with van der Waals surface area (Å²) in [6.45, 7) is 0. The molecule has 1 aliphatic heterocycles. The van der Waals surface area contributed by atoms with Crippen molar-refractivity contribution in [2.45, 2.75) is 6.17 Å². The van der Waals surface area contributed by atoms with Crippen LogP contribution in [-0.2, 0) is 14.1 Å². The van der Waals surface area contributed by atoms with Crippen LogP contribution in [0.5, 0.6) is 0 Å². The lowest BCUT2D eigenvalue weighted by molar-refractivity contribution is 0.653. The number of fused-ring (bicyclic) bond motifs is 4. The van der Waals surface area contributed by atoms with Crippen LogP contribution in [0.15, 0.2) is 136 Å². The molecule has 1 atom stereocenters. The average molecular weight is 561 g/mol. The molecule has 0 saturated heterocycles. The first-order chi connectivity index (χ1) is 21.0. The minimum absolute atomic E-state index is 0.0333. The topological polar surface area (TPSA) is 64.5 Å². The summed E-state index contributed by atoms with van der Waals surface area (Å²) in [7, 11) is 3.62. The molecule has 7 aromatic rings. The lowest BCUT2D eigenvalue weighted by atomic mass is 9.97. The number of hydrogen-bond acceptors (Lipinski definition) is 4. The minimum atomic E-state index is -0.269. The molecule has 8 rings (SSSR count). The molecular weight excluding hydrogens is 532 g/mol. The Bertz CT molecular complexity index is 2320. The lowest BCUT2D eigenvalue weighted by Gasteiger charge is -2.25. The molecule has 0 amide bonds. The van der Waals surface area contributed by atoms with Gasteiger partial charge in [0, 0.05) is 41.7 Å². The first kappa shape index (κ1) is 25.1. The van der Waals surface area contributed by atoms with Crippen molar-refractivity contribution in [3.8, 4) is 11.1 Å². The van der Waals surface area contributed by atoms with Crippen molar-refractivity contribution in [1.29, 1.82) is 0 Å². The number of allylic oxidation sites excluding steroid dienone is 1. The van der Waals surface area contributed by atoms with Gasteiger partial charge in [-0.2, -0.15) is 0 Å². The number of rotatable bonds is 4. The Morgan fingerprint density at radius 1 is 0.698 bits per heavy atom. The van der Waals surface area contributed by atoms with Gasteiger partial charge >= 0.3 is 5.69 Å².